The Morgan fingerprint density at radius 2 is 2.17 bits per heavy atom. The van der Waals surface area contributed by atoms with Gasteiger partial charge in [0.2, 0.25) is 0 Å². The quantitative estimate of drug-likeness (QED) is 0.679. The molecule has 0 unspecified atom stereocenters. The van der Waals surface area contributed by atoms with E-state index in [-0.39, 0.29) is 10.6 Å². The van der Waals surface area contributed by atoms with Gasteiger partial charge in [0.15, 0.2) is 0 Å². The zero-order valence-electron chi connectivity index (χ0n) is 10.1. The molecule has 0 spiro atoms. The first-order valence-electron chi connectivity index (χ1n) is 5.46. The normalized spacial score (nSPS) is 10.3. The van der Waals surface area contributed by atoms with Gasteiger partial charge in [-0.25, -0.2) is 4.98 Å². The molecule has 0 atom stereocenters. The molecule has 0 aliphatic carbocycles. The monoisotopic (exact) mass is 263 g/mol. The molecular formula is C12H13N3O2S. The molecule has 1 N–H and O–H groups in total. The van der Waals surface area contributed by atoms with Crippen molar-refractivity contribution in [2.75, 3.05) is 5.32 Å². The van der Waals surface area contributed by atoms with Crippen LogP contribution in [0.2, 0.25) is 0 Å². The summed E-state index contributed by atoms with van der Waals surface area (Å²) >= 11 is 1.61. The van der Waals surface area contributed by atoms with Crippen LogP contribution < -0.4 is 5.32 Å². The lowest BCUT2D eigenvalue weighted by molar-refractivity contribution is -0.384. The van der Waals surface area contributed by atoms with Crippen LogP contribution in [0.4, 0.5) is 11.4 Å². The Labute approximate surface area is 109 Å². The van der Waals surface area contributed by atoms with E-state index in [9.17, 15) is 10.1 Å². The third-order valence-electron chi connectivity index (χ3n) is 2.41. The molecule has 1 aromatic carbocycles. The second kappa shape index (κ2) is 5.14. The SMILES string of the molecule is Cc1cc(NCc2cnc(C)s2)cc([N+](=O)[O-])c1. The van der Waals surface area contributed by atoms with Gasteiger partial charge in [-0.2, -0.15) is 0 Å². The third-order valence-corrected chi connectivity index (χ3v) is 3.32. The van der Waals surface area contributed by atoms with E-state index in [4.69, 9.17) is 0 Å². The van der Waals surface area contributed by atoms with Gasteiger partial charge in [-0.1, -0.05) is 0 Å². The number of rotatable bonds is 4. The Morgan fingerprint density at radius 3 is 2.78 bits per heavy atom. The smallest absolute Gasteiger partial charge is 0.271 e. The Kier molecular flexibility index (Phi) is 3.57. The Balaban J connectivity index is 2.11. The fraction of sp³-hybridized carbons (Fsp3) is 0.250. The summed E-state index contributed by atoms with van der Waals surface area (Å²) in [4.78, 5) is 15.6. The topological polar surface area (TPSA) is 68.1 Å². The molecule has 2 rings (SSSR count). The number of thiazole rings is 1. The highest BCUT2D eigenvalue weighted by Gasteiger charge is 2.08. The minimum Gasteiger partial charge on any atom is -0.380 e. The minimum atomic E-state index is -0.380. The zero-order valence-corrected chi connectivity index (χ0v) is 11.0. The van der Waals surface area contributed by atoms with E-state index in [0.717, 1.165) is 21.1 Å². The van der Waals surface area contributed by atoms with Crippen LogP contribution in [-0.4, -0.2) is 9.91 Å². The Morgan fingerprint density at radius 1 is 1.39 bits per heavy atom. The van der Waals surface area contributed by atoms with Gasteiger partial charge in [-0.05, 0) is 25.5 Å². The van der Waals surface area contributed by atoms with Crippen LogP contribution in [-0.2, 0) is 6.54 Å². The average Bonchev–Trinajstić information content (AvgIpc) is 2.72. The van der Waals surface area contributed by atoms with Crippen LogP contribution in [0.5, 0.6) is 0 Å². The van der Waals surface area contributed by atoms with Gasteiger partial charge in [0.1, 0.15) is 0 Å². The lowest BCUT2D eigenvalue weighted by atomic mass is 10.2. The number of hydrogen-bond acceptors (Lipinski definition) is 5. The Hall–Kier alpha value is -1.95. The van der Waals surface area contributed by atoms with Crippen LogP contribution >= 0.6 is 11.3 Å². The molecule has 1 heterocycles. The first kappa shape index (κ1) is 12.5. The summed E-state index contributed by atoms with van der Waals surface area (Å²) < 4.78 is 0. The second-order valence-corrected chi connectivity index (χ2v) is 5.33. The molecule has 0 aliphatic heterocycles. The van der Waals surface area contributed by atoms with Crippen LogP contribution in [0.3, 0.4) is 0 Å². The van der Waals surface area contributed by atoms with E-state index in [0.29, 0.717) is 6.54 Å². The number of nitrogens with one attached hydrogen (secondary N) is 1. The number of nitro groups is 1. The maximum Gasteiger partial charge on any atom is 0.271 e. The summed E-state index contributed by atoms with van der Waals surface area (Å²) in [6.45, 7) is 4.42. The predicted octanol–water partition coefficient (Wildman–Crippen LogP) is 3.28. The molecule has 2 aromatic rings. The van der Waals surface area contributed by atoms with E-state index >= 15 is 0 Å². The molecule has 0 saturated carbocycles. The number of aromatic nitrogens is 1. The number of aryl methyl sites for hydroxylation is 2. The van der Waals surface area contributed by atoms with Crippen LogP contribution in [0.25, 0.3) is 0 Å². The molecule has 6 heteroatoms. The standard InChI is InChI=1S/C12H13N3O2S/c1-8-3-10(5-11(4-8)15(16)17)14-7-12-6-13-9(2)18-12/h3-6,14H,7H2,1-2H3. The summed E-state index contributed by atoms with van der Waals surface area (Å²) in [5.41, 5.74) is 1.73. The van der Waals surface area contributed by atoms with Gasteiger partial charge in [-0.15, -0.1) is 11.3 Å². The lowest BCUT2D eigenvalue weighted by Crippen LogP contribution is -1.99. The fourth-order valence-electron chi connectivity index (χ4n) is 1.65. The van der Waals surface area contributed by atoms with Crippen molar-refractivity contribution in [3.05, 3.63) is 50.0 Å². The maximum atomic E-state index is 10.8. The first-order valence-corrected chi connectivity index (χ1v) is 6.27. The average molecular weight is 263 g/mol. The number of non-ortho nitro benzene ring substituents is 1. The van der Waals surface area contributed by atoms with Crippen molar-refractivity contribution in [1.29, 1.82) is 0 Å². The highest BCUT2D eigenvalue weighted by molar-refractivity contribution is 7.11. The van der Waals surface area contributed by atoms with Crippen molar-refractivity contribution in [1.82, 2.24) is 4.98 Å². The molecule has 0 saturated heterocycles. The van der Waals surface area contributed by atoms with Gasteiger partial charge in [0.05, 0.1) is 16.5 Å². The van der Waals surface area contributed by atoms with Gasteiger partial charge < -0.3 is 5.32 Å². The highest BCUT2D eigenvalue weighted by Crippen LogP contribution is 2.21. The Bertz CT molecular complexity index is 580. The zero-order chi connectivity index (χ0) is 13.1. The summed E-state index contributed by atoms with van der Waals surface area (Å²) in [7, 11) is 0. The molecule has 0 aliphatic rings. The molecule has 5 nitrogen and oxygen atoms in total. The number of benzene rings is 1. The first-order chi connectivity index (χ1) is 8.54. The summed E-state index contributed by atoms with van der Waals surface area (Å²) in [6, 6.07) is 4.99. The van der Waals surface area contributed by atoms with Crippen molar-refractivity contribution in [3.8, 4) is 0 Å². The lowest BCUT2D eigenvalue weighted by Gasteiger charge is -2.05. The maximum absolute atomic E-state index is 10.8. The van der Waals surface area contributed by atoms with Crippen molar-refractivity contribution < 1.29 is 4.92 Å². The molecule has 94 valence electrons. The van der Waals surface area contributed by atoms with E-state index in [1.165, 1.54) is 0 Å². The fourth-order valence-corrected chi connectivity index (χ4v) is 2.38. The highest BCUT2D eigenvalue weighted by atomic mass is 32.1. The predicted molar refractivity (Wildman–Crippen MR) is 72.0 cm³/mol. The molecule has 0 bridgehead atoms. The number of hydrogen-bond donors (Lipinski definition) is 1. The van der Waals surface area contributed by atoms with Gasteiger partial charge >= 0.3 is 0 Å². The van der Waals surface area contributed by atoms with E-state index in [1.54, 1.807) is 23.5 Å². The van der Waals surface area contributed by atoms with E-state index in [2.05, 4.69) is 10.3 Å². The summed E-state index contributed by atoms with van der Waals surface area (Å²) in [5.74, 6) is 0. The number of anilines is 1. The van der Waals surface area contributed by atoms with Crippen LogP contribution in [0, 0.1) is 24.0 Å². The van der Waals surface area contributed by atoms with Crippen LogP contribution in [0.15, 0.2) is 24.4 Å². The van der Waals surface area contributed by atoms with Gasteiger partial charge in [0, 0.05) is 28.9 Å². The number of nitrogens with zero attached hydrogens (tertiary/aromatic N) is 2. The largest absolute Gasteiger partial charge is 0.380 e. The van der Waals surface area contributed by atoms with E-state index in [1.807, 2.05) is 26.1 Å². The van der Waals surface area contributed by atoms with Crippen molar-refractivity contribution in [2.24, 2.45) is 0 Å². The van der Waals surface area contributed by atoms with Crippen molar-refractivity contribution >= 4 is 22.7 Å². The van der Waals surface area contributed by atoms with Crippen molar-refractivity contribution in [2.45, 2.75) is 20.4 Å². The second-order valence-electron chi connectivity index (χ2n) is 4.01. The summed E-state index contributed by atoms with van der Waals surface area (Å²) in [5, 5.41) is 14.9. The molecule has 0 radical (unpaired) electrons. The molecule has 0 amide bonds. The van der Waals surface area contributed by atoms with E-state index < -0.39 is 0 Å². The molecule has 1 aromatic heterocycles. The van der Waals surface area contributed by atoms with Crippen molar-refractivity contribution in [3.63, 3.8) is 0 Å². The minimum absolute atomic E-state index is 0.109. The van der Waals surface area contributed by atoms with Gasteiger partial charge in [0.25, 0.3) is 5.69 Å². The van der Waals surface area contributed by atoms with Gasteiger partial charge in [-0.3, -0.25) is 10.1 Å². The van der Waals surface area contributed by atoms with Crippen LogP contribution in [0.1, 0.15) is 15.4 Å². The summed E-state index contributed by atoms with van der Waals surface area (Å²) in [6.07, 6.45) is 1.82. The molecule has 18 heavy (non-hydrogen) atoms. The number of nitro benzene ring substituents is 1. The molecular weight excluding hydrogens is 250 g/mol. The third kappa shape index (κ3) is 3.04. The molecule has 0 fully saturated rings.